The maximum absolute atomic E-state index is 11.7. The molecule has 0 radical (unpaired) electrons. The third kappa shape index (κ3) is 3.23. The number of amides is 2. The number of nitrogens with one attached hydrogen (secondary N) is 2. The number of carbonyl (C=O) groups is 2. The molecule has 104 valence electrons. The van der Waals surface area contributed by atoms with Crippen LogP contribution in [0.4, 0.5) is 15.5 Å². The Kier molecular flexibility index (Phi) is 4.16. The number of methoxy groups -OCH3 is 1. The third-order valence-electron chi connectivity index (χ3n) is 2.33. The Bertz CT molecular complexity index is 624. The van der Waals surface area contributed by atoms with E-state index in [4.69, 9.17) is 9.84 Å². The Balaban J connectivity index is 2.01. The van der Waals surface area contributed by atoms with E-state index in [1.807, 2.05) is 0 Å². The van der Waals surface area contributed by atoms with Crippen molar-refractivity contribution in [3.8, 4) is 5.88 Å². The molecule has 0 saturated heterocycles. The van der Waals surface area contributed by atoms with Gasteiger partial charge in [0, 0.05) is 6.07 Å². The van der Waals surface area contributed by atoms with E-state index in [1.165, 1.54) is 19.4 Å². The van der Waals surface area contributed by atoms with Crippen molar-refractivity contribution in [1.82, 2.24) is 4.98 Å². The van der Waals surface area contributed by atoms with E-state index >= 15 is 0 Å². The summed E-state index contributed by atoms with van der Waals surface area (Å²) >= 11 is 1.13. The summed E-state index contributed by atoms with van der Waals surface area (Å²) in [4.78, 5) is 26.6. The van der Waals surface area contributed by atoms with Gasteiger partial charge in [-0.05, 0) is 17.5 Å². The van der Waals surface area contributed by atoms with Crippen molar-refractivity contribution in [2.45, 2.75) is 0 Å². The number of nitrogens with zero attached hydrogens (tertiary/aromatic N) is 1. The van der Waals surface area contributed by atoms with Gasteiger partial charge in [-0.25, -0.2) is 14.6 Å². The van der Waals surface area contributed by atoms with Crippen molar-refractivity contribution in [3.05, 3.63) is 35.3 Å². The lowest BCUT2D eigenvalue weighted by Crippen LogP contribution is -2.20. The van der Waals surface area contributed by atoms with E-state index in [0.29, 0.717) is 11.6 Å². The number of pyridine rings is 1. The van der Waals surface area contributed by atoms with Gasteiger partial charge < -0.3 is 15.2 Å². The van der Waals surface area contributed by atoms with Crippen LogP contribution in [0.3, 0.4) is 0 Å². The molecule has 2 amide bonds. The normalized spacial score (nSPS) is 9.85. The van der Waals surface area contributed by atoms with Crippen molar-refractivity contribution in [1.29, 1.82) is 0 Å². The van der Waals surface area contributed by atoms with E-state index in [9.17, 15) is 9.59 Å². The monoisotopic (exact) mass is 293 g/mol. The molecule has 0 aliphatic rings. The van der Waals surface area contributed by atoms with Crippen LogP contribution in [-0.2, 0) is 0 Å². The molecule has 20 heavy (non-hydrogen) atoms. The molecule has 0 spiro atoms. The summed E-state index contributed by atoms with van der Waals surface area (Å²) in [5, 5.41) is 15.8. The smallest absolute Gasteiger partial charge is 0.338 e. The van der Waals surface area contributed by atoms with Gasteiger partial charge in [0.15, 0.2) is 0 Å². The van der Waals surface area contributed by atoms with Gasteiger partial charge in [-0.15, -0.1) is 11.3 Å². The Morgan fingerprint density at radius 1 is 1.30 bits per heavy atom. The highest BCUT2D eigenvalue weighted by molar-refractivity contribution is 7.14. The average molecular weight is 293 g/mol. The van der Waals surface area contributed by atoms with Crippen LogP contribution in [0.25, 0.3) is 0 Å². The zero-order valence-electron chi connectivity index (χ0n) is 10.4. The summed E-state index contributed by atoms with van der Waals surface area (Å²) in [6.07, 6.45) is 1.44. The highest BCUT2D eigenvalue weighted by Crippen LogP contribution is 2.23. The molecule has 0 aliphatic carbocycles. The zero-order valence-corrected chi connectivity index (χ0v) is 11.2. The molecule has 0 aromatic carbocycles. The van der Waals surface area contributed by atoms with Crippen LogP contribution in [0.15, 0.2) is 29.8 Å². The Labute approximate surface area is 118 Å². The molecular weight excluding hydrogens is 282 g/mol. The molecule has 3 N–H and O–H groups in total. The number of hydrogen-bond donors (Lipinski definition) is 3. The molecule has 2 rings (SSSR count). The SMILES string of the molecule is COc1ccc(NC(=O)Nc2sccc2C(=O)O)cn1. The maximum atomic E-state index is 11.7. The predicted octanol–water partition coefficient (Wildman–Crippen LogP) is 2.49. The topological polar surface area (TPSA) is 101 Å². The van der Waals surface area contributed by atoms with Gasteiger partial charge in [0.1, 0.15) is 5.00 Å². The number of urea groups is 1. The highest BCUT2D eigenvalue weighted by Gasteiger charge is 2.13. The van der Waals surface area contributed by atoms with E-state index in [1.54, 1.807) is 17.5 Å². The zero-order chi connectivity index (χ0) is 14.5. The number of hydrogen-bond acceptors (Lipinski definition) is 5. The molecular formula is C12H11N3O4S. The summed E-state index contributed by atoms with van der Waals surface area (Å²) < 4.78 is 4.90. The summed E-state index contributed by atoms with van der Waals surface area (Å²) in [6.45, 7) is 0. The first-order valence-corrected chi connectivity index (χ1v) is 6.37. The molecule has 0 saturated carbocycles. The fourth-order valence-corrected chi connectivity index (χ4v) is 2.19. The van der Waals surface area contributed by atoms with Crippen LogP contribution in [0.2, 0.25) is 0 Å². The van der Waals surface area contributed by atoms with Crippen molar-refractivity contribution >= 4 is 34.0 Å². The van der Waals surface area contributed by atoms with Crippen molar-refractivity contribution in [2.24, 2.45) is 0 Å². The molecule has 0 fully saturated rings. The second-order valence-electron chi connectivity index (χ2n) is 3.64. The number of carboxylic acids is 1. The summed E-state index contributed by atoms with van der Waals surface area (Å²) in [6, 6.07) is 4.11. The number of carbonyl (C=O) groups excluding carboxylic acids is 1. The molecule has 0 atom stereocenters. The minimum atomic E-state index is -1.09. The number of carboxylic acid groups (broad SMARTS) is 1. The lowest BCUT2D eigenvalue weighted by Gasteiger charge is -2.07. The number of thiophene rings is 1. The maximum Gasteiger partial charge on any atom is 0.338 e. The van der Waals surface area contributed by atoms with Crippen molar-refractivity contribution < 1.29 is 19.4 Å². The van der Waals surface area contributed by atoms with Gasteiger partial charge in [-0.1, -0.05) is 0 Å². The Morgan fingerprint density at radius 2 is 2.10 bits per heavy atom. The first kappa shape index (κ1) is 13.8. The number of rotatable bonds is 4. The standard InChI is InChI=1S/C12H11N3O4S/c1-19-9-3-2-7(6-13-9)14-12(18)15-10-8(11(16)17)4-5-20-10/h2-6H,1H3,(H,16,17)(H2,14,15,18). The van der Waals surface area contributed by atoms with E-state index < -0.39 is 12.0 Å². The second kappa shape index (κ2) is 6.02. The Morgan fingerprint density at radius 3 is 2.70 bits per heavy atom. The van der Waals surface area contributed by atoms with Gasteiger partial charge in [-0.3, -0.25) is 5.32 Å². The van der Waals surface area contributed by atoms with Gasteiger partial charge in [0.05, 0.1) is 24.6 Å². The van der Waals surface area contributed by atoms with Gasteiger partial charge in [0.25, 0.3) is 0 Å². The molecule has 7 nitrogen and oxygen atoms in total. The second-order valence-corrected chi connectivity index (χ2v) is 4.55. The van der Waals surface area contributed by atoms with Gasteiger partial charge in [-0.2, -0.15) is 0 Å². The Hall–Kier alpha value is -2.61. The number of aromatic carboxylic acids is 1. The van der Waals surface area contributed by atoms with Crippen molar-refractivity contribution in [2.75, 3.05) is 17.7 Å². The third-order valence-corrected chi connectivity index (χ3v) is 3.16. The van der Waals surface area contributed by atoms with Crippen molar-refractivity contribution in [3.63, 3.8) is 0 Å². The summed E-state index contributed by atoms with van der Waals surface area (Å²) in [5.41, 5.74) is 0.523. The first-order chi connectivity index (χ1) is 9.60. The van der Waals surface area contributed by atoms with E-state index in [0.717, 1.165) is 11.3 Å². The summed E-state index contributed by atoms with van der Waals surface area (Å²) in [7, 11) is 1.49. The molecule has 2 heterocycles. The minimum Gasteiger partial charge on any atom is -0.481 e. The molecule has 8 heteroatoms. The first-order valence-electron chi connectivity index (χ1n) is 5.49. The van der Waals surface area contributed by atoms with Gasteiger partial charge >= 0.3 is 12.0 Å². The number of anilines is 2. The molecule has 2 aromatic rings. The fourth-order valence-electron chi connectivity index (χ4n) is 1.41. The van der Waals surface area contributed by atoms with Crippen LogP contribution >= 0.6 is 11.3 Å². The van der Waals surface area contributed by atoms with Gasteiger partial charge in [0.2, 0.25) is 5.88 Å². The lowest BCUT2D eigenvalue weighted by atomic mass is 10.3. The van der Waals surface area contributed by atoms with Crippen LogP contribution in [0, 0.1) is 0 Å². The average Bonchev–Trinajstić information content (AvgIpc) is 2.87. The number of aromatic nitrogens is 1. The van der Waals surface area contributed by atoms with Crippen LogP contribution < -0.4 is 15.4 Å². The highest BCUT2D eigenvalue weighted by atomic mass is 32.1. The number of ether oxygens (including phenoxy) is 1. The van der Waals surface area contributed by atoms with E-state index in [2.05, 4.69) is 15.6 Å². The van der Waals surface area contributed by atoms with Crippen LogP contribution in [-0.4, -0.2) is 29.2 Å². The molecule has 0 aliphatic heterocycles. The van der Waals surface area contributed by atoms with E-state index in [-0.39, 0.29) is 10.6 Å². The molecule has 0 unspecified atom stereocenters. The lowest BCUT2D eigenvalue weighted by molar-refractivity contribution is 0.0698. The summed E-state index contributed by atoms with van der Waals surface area (Å²) in [5.74, 6) is -0.657. The molecule has 2 aromatic heterocycles. The van der Waals surface area contributed by atoms with Crippen LogP contribution in [0.5, 0.6) is 5.88 Å². The predicted molar refractivity (Wildman–Crippen MR) is 74.7 cm³/mol. The molecule has 0 bridgehead atoms. The minimum absolute atomic E-state index is 0.0537. The largest absolute Gasteiger partial charge is 0.481 e. The quantitative estimate of drug-likeness (QED) is 0.804. The van der Waals surface area contributed by atoms with Crippen LogP contribution in [0.1, 0.15) is 10.4 Å². The fraction of sp³-hybridized carbons (Fsp3) is 0.0833.